The van der Waals surface area contributed by atoms with E-state index in [1.807, 2.05) is 30.5 Å². The monoisotopic (exact) mass is 740 g/mol. The molecule has 16 heteroatoms. The molecular formula is C36H33ClN8O6S. The van der Waals surface area contributed by atoms with E-state index in [4.69, 9.17) is 16.6 Å². The van der Waals surface area contributed by atoms with Gasteiger partial charge in [0.25, 0.3) is 17.7 Å². The number of nitrogens with zero attached hydrogens (tertiary/aromatic N) is 5. The topological polar surface area (TPSA) is 185 Å². The fourth-order valence-electron chi connectivity index (χ4n) is 6.77. The summed E-state index contributed by atoms with van der Waals surface area (Å²) in [7, 11) is 0. The van der Waals surface area contributed by atoms with Crippen LogP contribution in [0.3, 0.4) is 0 Å². The Hall–Kier alpha value is -5.54. The number of rotatable bonds is 10. The summed E-state index contributed by atoms with van der Waals surface area (Å²) in [5, 5.41) is 18.4. The number of ketones is 1. The average Bonchev–Trinajstić information content (AvgIpc) is 3.70. The molecule has 3 N–H and O–H groups in total. The van der Waals surface area contributed by atoms with Crippen LogP contribution in [-0.2, 0) is 14.4 Å². The largest absolute Gasteiger partial charge is 0.384 e. The van der Waals surface area contributed by atoms with Gasteiger partial charge in [-0.05, 0) is 63.4 Å². The van der Waals surface area contributed by atoms with E-state index < -0.39 is 35.7 Å². The van der Waals surface area contributed by atoms with Crippen molar-refractivity contribution in [2.45, 2.75) is 58.5 Å². The van der Waals surface area contributed by atoms with Crippen LogP contribution in [0.15, 0.2) is 47.5 Å². The van der Waals surface area contributed by atoms with Crippen molar-refractivity contribution in [3.8, 4) is 5.00 Å². The Morgan fingerprint density at radius 3 is 2.50 bits per heavy atom. The molecule has 0 spiro atoms. The van der Waals surface area contributed by atoms with Crippen molar-refractivity contribution < 1.29 is 28.8 Å². The highest BCUT2D eigenvalue weighted by Gasteiger charge is 2.45. The first-order chi connectivity index (χ1) is 24.9. The van der Waals surface area contributed by atoms with Crippen LogP contribution in [0.25, 0.3) is 5.00 Å². The van der Waals surface area contributed by atoms with Crippen LogP contribution in [0.1, 0.15) is 97.4 Å². The average molecular weight is 741 g/mol. The molecular weight excluding hydrogens is 708 g/mol. The Labute approximate surface area is 306 Å². The summed E-state index contributed by atoms with van der Waals surface area (Å²) >= 11 is 7.50. The number of hydrogen-bond acceptors (Lipinski definition) is 11. The number of aromatic nitrogens is 3. The van der Waals surface area contributed by atoms with Gasteiger partial charge in [0, 0.05) is 47.8 Å². The van der Waals surface area contributed by atoms with Crippen molar-refractivity contribution in [2.24, 2.45) is 4.99 Å². The number of anilines is 1. The van der Waals surface area contributed by atoms with Gasteiger partial charge in [-0.3, -0.25) is 48.5 Å². The molecule has 0 radical (unpaired) electrons. The molecule has 5 amide bonds. The molecule has 0 bridgehead atoms. The van der Waals surface area contributed by atoms with Crippen LogP contribution < -0.4 is 16.0 Å². The number of aryl methyl sites for hydroxylation is 1. The molecule has 1 unspecified atom stereocenters. The van der Waals surface area contributed by atoms with Crippen molar-refractivity contribution in [1.29, 1.82) is 0 Å². The minimum absolute atomic E-state index is 0.0361. The number of benzene rings is 2. The van der Waals surface area contributed by atoms with E-state index >= 15 is 0 Å². The minimum Gasteiger partial charge on any atom is -0.384 e. The second-order valence-electron chi connectivity index (χ2n) is 12.8. The van der Waals surface area contributed by atoms with Crippen molar-refractivity contribution in [2.75, 3.05) is 18.4 Å². The van der Waals surface area contributed by atoms with Crippen LogP contribution in [-0.4, -0.2) is 79.8 Å². The third-order valence-corrected chi connectivity index (χ3v) is 10.8. The van der Waals surface area contributed by atoms with E-state index in [0.29, 0.717) is 52.5 Å². The summed E-state index contributed by atoms with van der Waals surface area (Å²) in [5.41, 5.74) is 3.66. The molecule has 5 heterocycles. The first-order valence-electron chi connectivity index (χ1n) is 16.7. The fourth-order valence-corrected chi connectivity index (χ4v) is 8.17. The van der Waals surface area contributed by atoms with Crippen LogP contribution in [0.4, 0.5) is 5.69 Å². The summed E-state index contributed by atoms with van der Waals surface area (Å²) in [4.78, 5) is 83.1. The highest BCUT2D eigenvalue weighted by Crippen LogP contribution is 2.40. The van der Waals surface area contributed by atoms with E-state index in [2.05, 4.69) is 26.1 Å². The minimum atomic E-state index is -1.06. The van der Waals surface area contributed by atoms with E-state index in [1.54, 1.807) is 24.3 Å². The molecule has 2 aromatic carbocycles. The molecule has 4 aromatic rings. The lowest BCUT2D eigenvalue weighted by Gasteiger charge is -2.27. The van der Waals surface area contributed by atoms with Gasteiger partial charge in [0.15, 0.2) is 5.82 Å². The van der Waals surface area contributed by atoms with Gasteiger partial charge in [0.05, 0.1) is 21.7 Å². The number of nitrogens with one attached hydrogen (secondary N) is 3. The number of carbonyl (C=O) groups excluding carboxylic acids is 6. The highest BCUT2D eigenvalue weighted by molar-refractivity contribution is 7.17. The van der Waals surface area contributed by atoms with Gasteiger partial charge in [-0.1, -0.05) is 29.8 Å². The van der Waals surface area contributed by atoms with Gasteiger partial charge in [0.2, 0.25) is 11.8 Å². The van der Waals surface area contributed by atoms with Crippen molar-refractivity contribution >= 4 is 69.7 Å². The van der Waals surface area contributed by atoms with E-state index in [1.165, 1.54) is 24.3 Å². The third-order valence-electron chi connectivity index (χ3n) is 9.23. The van der Waals surface area contributed by atoms with Gasteiger partial charge in [0.1, 0.15) is 28.7 Å². The van der Waals surface area contributed by atoms with Crippen molar-refractivity contribution in [1.82, 2.24) is 30.3 Å². The molecule has 52 heavy (non-hydrogen) atoms. The number of Topliss-reactive ketones (excluding diaryl/α,β-unsaturated/α-hetero) is 1. The van der Waals surface area contributed by atoms with E-state index in [-0.39, 0.29) is 42.1 Å². The van der Waals surface area contributed by atoms with Gasteiger partial charge < -0.3 is 10.6 Å². The zero-order chi connectivity index (χ0) is 36.8. The normalized spacial score (nSPS) is 17.9. The molecule has 1 saturated heterocycles. The Morgan fingerprint density at radius 1 is 1.00 bits per heavy atom. The summed E-state index contributed by atoms with van der Waals surface area (Å²) in [6, 6.07) is 10.5. The number of amides is 5. The van der Waals surface area contributed by atoms with Gasteiger partial charge in [-0.15, -0.1) is 21.5 Å². The summed E-state index contributed by atoms with van der Waals surface area (Å²) < 4.78 is 1.87. The molecule has 0 aliphatic carbocycles. The predicted octanol–water partition coefficient (Wildman–Crippen LogP) is 4.10. The summed E-state index contributed by atoms with van der Waals surface area (Å²) in [6.07, 6.45) is 0.728. The molecule has 266 valence electrons. The van der Waals surface area contributed by atoms with Crippen LogP contribution in [0.2, 0.25) is 5.02 Å². The summed E-state index contributed by atoms with van der Waals surface area (Å²) in [5.74, 6) is -1.49. The molecule has 3 aliphatic rings. The number of aliphatic imine (C=N–C) groups is 1. The number of carbonyl (C=O) groups is 6. The smallest absolute Gasteiger partial charge is 0.264 e. The zero-order valence-corrected chi connectivity index (χ0v) is 30.0. The lowest BCUT2D eigenvalue weighted by molar-refractivity contribution is -0.136. The van der Waals surface area contributed by atoms with Crippen LogP contribution in [0.5, 0.6) is 0 Å². The Bertz CT molecular complexity index is 2220. The van der Waals surface area contributed by atoms with Crippen LogP contribution in [0, 0.1) is 13.8 Å². The number of piperidine rings is 1. The number of halogens is 1. The van der Waals surface area contributed by atoms with E-state index in [0.717, 1.165) is 26.6 Å². The maximum Gasteiger partial charge on any atom is 0.264 e. The van der Waals surface area contributed by atoms with Crippen molar-refractivity contribution in [3.05, 3.63) is 91.8 Å². The van der Waals surface area contributed by atoms with Gasteiger partial charge >= 0.3 is 0 Å². The molecule has 1 fully saturated rings. The highest BCUT2D eigenvalue weighted by atomic mass is 35.5. The lowest BCUT2D eigenvalue weighted by atomic mass is 9.99. The van der Waals surface area contributed by atoms with Crippen LogP contribution >= 0.6 is 22.9 Å². The molecule has 14 nitrogen and oxygen atoms in total. The number of thiophene rings is 1. The standard InChI is InChI=1S/C36H33ClN8O6S/c1-17(46)16-24-31-43-42-19(3)44(31)36-27(29(40-24)20-8-10-21(37)11-9-20)18(2)30(52-36)33(49)39-15-5-14-38-23-7-4-6-22-28(23)35(51)45(34(22)50)25-12-13-26(47)41-32(25)48/h4,6-11,24-25,38H,5,12-16H2,1-3H3,(H,39,49)(H,41,47,48)/t24-,25?/m0/s1. The van der Waals surface area contributed by atoms with Gasteiger partial charge in [-0.25, -0.2) is 0 Å². The first kappa shape index (κ1) is 34.9. The third kappa shape index (κ3) is 6.19. The Balaban J connectivity index is 1.07. The number of hydrogen-bond donors (Lipinski definition) is 3. The van der Waals surface area contributed by atoms with E-state index in [9.17, 15) is 28.8 Å². The Kier molecular flexibility index (Phi) is 9.31. The molecule has 0 saturated carbocycles. The maximum absolute atomic E-state index is 13.7. The molecule has 3 aliphatic heterocycles. The predicted molar refractivity (Wildman–Crippen MR) is 192 cm³/mol. The Morgan fingerprint density at radius 2 is 1.77 bits per heavy atom. The quantitative estimate of drug-likeness (QED) is 0.159. The zero-order valence-electron chi connectivity index (χ0n) is 28.4. The second-order valence-corrected chi connectivity index (χ2v) is 14.2. The summed E-state index contributed by atoms with van der Waals surface area (Å²) in [6.45, 7) is 5.87. The first-order valence-corrected chi connectivity index (χ1v) is 17.9. The molecule has 2 atom stereocenters. The lowest BCUT2D eigenvalue weighted by Crippen LogP contribution is -2.54. The molecule has 7 rings (SSSR count). The second kappa shape index (κ2) is 13.9. The number of fused-ring (bicyclic) bond motifs is 4. The van der Waals surface area contributed by atoms with Gasteiger partial charge in [-0.2, -0.15) is 0 Å². The number of imide groups is 2. The fraction of sp³-hybridized carbons (Fsp3) is 0.306. The maximum atomic E-state index is 13.7. The van der Waals surface area contributed by atoms with Crippen molar-refractivity contribution in [3.63, 3.8) is 0 Å². The SMILES string of the molecule is CC(=O)C[C@@H]1N=C(c2ccc(Cl)cc2)c2c(sc(C(=O)NCCCNc3cccc4c3C(=O)N(C3CCC(=O)NC3=O)C4=O)c2C)-n2c(C)nnc21. The molecule has 2 aromatic heterocycles.